The number of halogens is 1. The van der Waals surface area contributed by atoms with E-state index in [2.05, 4.69) is 20.8 Å². The summed E-state index contributed by atoms with van der Waals surface area (Å²) in [6.45, 7) is 9.59. The molecule has 2 rings (SSSR count). The van der Waals surface area contributed by atoms with Crippen LogP contribution in [0.1, 0.15) is 35.1 Å². The van der Waals surface area contributed by atoms with Crippen LogP contribution in [0.3, 0.4) is 0 Å². The van der Waals surface area contributed by atoms with Crippen molar-refractivity contribution in [2.75, 3.05) is 19.3 Å². The Morgan fingerprint density at radius 1 is 1.21 bits per heavy atom. The van der Waals surface area contributed by atoms with Gasteiger partial charge in [0.25, 0.3) is 0 Å². The highest BCUT2D eigenvalue weighted by Crippen LogP contribution is 2.17. The summed E-state index contributed by atoms with van der Waals surface area (Å²) in [4.78, 5) is 4.95. The van der Waals surface area contributed by atoms with Gasteiger partial charge in [-0.2, -0.15) is 0 Å². The summed E-state index contributed by atoms with van der Waals surface area (Å²) in [5.41, 5.74) is 3.73. The fraction of sp³-hybridized carbons (Fsp3) is 0.474. The van der Waals surface area contributed by atoms with Crippen LogP contribution in [0.2, 0.25) is 0 Å². The predicted octanol–water partition coefficient (Wildman–Crippen LogP) is 2.92. The number of hydrogen-bond acceptors (Lipinski definition) is 5. The lowest BCUT2D eigenvalue weighted by atomic mass is 10.1. The van der Waals surface area contributed by atoms with E-state index in [-0.39, 0.29) is 24.0 Å². The van der Waals surface area contributed by atoms with Crippen molar-refractivity contribution in [1.29, 1.82) is 0 Å². The first-order valence-electron chi connectivity index (χ1n) is 8.96. The maximum Gasteiger partial charge on any atom is 0.191 e. The molecule has 0 aliphatic carbocycles. The first-order chi connectivity index (χ1) is 12.7. The van der Waals surface area contributed by atoms with E-state index in [0.717, 1.165) is 41.1 Å². The average molecular weight is 520 g/mol. The van der Waals surface area contributed by atoms with E-state index in [1.807, 2.05) is 26.8 Å². The van der Waals surface area contributed by atoms with Crippen LogP contribution in [0.25, 0.3) is 0 Å². The molecule has 156 valence electrons. The van der Waals surface area contributed by atoms with Crippen LogP contribution in [0.15, 0.2) is 32.6 Å². The van der Waals surface area contributed by atoms with Gasteiger partial charge in [-0.3, -0.25) is 0 Å². The Kier molecular flexibility index (Phi) is 9.42. The third-order valence-electron chi connectivity index (χ3n) is 4.25. The summed E-state index contributed by atoms with van der Waals surface area (Å²) in [6.07, 6.45) is 2.02. The number of benzene rings is 1. The number of aliphatic imine (C=N–C) groups is 1. The minimum absolute atomic E-state index is 0. The van der Waals surface area contributed by atoms with Crippen molar-refractivity contribution in [3.05, 3.63) is 46.3 Å². The van der Waals surface area contributed by atoms with Crippen molar-refractivity contribution in [2.45, 2.75) is 45.6 Å². The fourth-order valence-corrected chi connectivity index (χ4v) is 3.86. The highest BCUT2D eigenvalue weighted by Gasteiger charge is 2.11. The zero-order chi connectivity index (χ0) is 20.0. The van der Waals surface area contributed by atoms with Crippen molar-refractivity contribution in [2.24, 2.45) is 4.99 Å². The number of nitrogens with zero attached hydrogens (tertiary/aromatic N) is 2. The van der Waals surface area contributed by atoms with Gasteiger partial charge >= 0.3 is 0 Å². The molecule has 0 amide bonds. The van der Waals surface area contributed by atoms with Crippen molar-refractivity contribution < 1.29 is 12.9 Å². The van der Waals surface area contributed by atoms with Gasteiger partial charge in [0, 0.05) is 24.9 Å². The van der Waals surface area contributed by atoms with Crippen LogP contribution >= 0.6 is 24.0 Å². The molecule has 0 saturated carbocycles. The van der Waals surface area contributed by atoms with E-state index < -0.39 is 9.84 Å². The van der Waals surface area contributed by atoms with Crippen LogP contribution in [-0.4, -0.2) is 38.9 Å². The van der Waals surface area contributed by atoms with Gasteiger partial charge in [-0.25, -0.2) is 13.4 Å². The molecule has 0 atom stereocenters. The smallest absolute Gasteiger partial charge is 0.191 e. The highest BCUT2D eigenvalue weighted by molar-refractivity contribution is 14.0. The molecule has 1 heterocycles. The van der Waals surface area contributed by atoms with E-state index in [1.165, 1.54) is 6.26 Å². The molecule has 2 N–H and O–H groups in total. The Hall–Kier alpha value is -1.62. The van der Waals surface area contributed by atoms with Gasteiger partial charge in [-0.1, -0.05) is 17.3 Å². The molecule has 0 bridgehead atoms. The zero-order valence-electron chi connectivity index (χ0n) is 17.0. The summed E-state index contributed by atoms with van der Waals surface area (Å²) >= 11 is 0. The summed E-state index contributed by atoms with van der Waals surface area (Å²) in [5.74, 6) is 1.56. The Labute approximate surface area is 184 Å². The molecule has 9 heteroatoms. The first-order valence-corrected chi connectivity index (χ1v) is 10.8. The molecule has 0 unspecified atom stereocenters. The number of aryl methyl sites for hydroxylation is 3. The van der Waals surface area contributed by atoms with Gasteiger partial charge in [-0.15, -0.1) is 24.0 Å². The molecule has 0 aliphatic heterocycles. The second kappa shape index (κ2) is 10.8. The van der Waals surface area contributed by atoms with Gasteiger partial charge in [0.1, 0.15) is 5.76 Å². The van der Waals surface area contributed by atoms with Crippen LogP contribution in [0.5, 0.6) is 0 Å². The van der Waals surface area contributed by atoms with Gasteiger partial charge in [0.2, 0.25) is 0 Å². The first kappa shape index (κ1) is 24.4. The molecule has 0 saturated heterocycles. The average Bonchev–Trinajstić information content (AvgIpc) is 2.90. The monoisotopic (exact) mass is 520 g/mol. The molecular formula is C19H29IN4O3S. The number of aromatic nitrogens is 1. The predicted molar refractivity (Wildman–Crippen MR) is 122 cm³/mol. The third kappa shape index (κ3) is 6.77. The molecule has 1 aromatic carbocycles. The molecule has 7 nitrogen and oxygen atoms in total. The van der Waals surface area contributed by atoms with E-state index >= 15 is 0 Å². The Bertz CT molecular complexity index is 904. The maximum absolute atomic E-state index is 11.7. The number of hydrogen-bond donors (Lipinski definition) is 2. The molecule has 0 spiro atoms. The van der Waals surface area contributed by atoms with E-state index in [1.54, 1.807) is 19.1 Å². The zero-order valence-corrected chi connectivity index (χ0v) is 20.1. The van der Waals surface area contributed by atoms with Crippen LogP contribution in [0.4, 0.5) is 0 Å². The Morgan fingerprint density at radius 2 is 1.93 bits per heavy atom. The van der Waals surface area contributed by atoms with Crippen molar-refractivity contribution in [3.8, 4) is 0 Å². The van der Waals surface area contributed by atoms with E-state index in [9.17, 15) is 8.42 Å². The van der Waals surface area contributed by atoms with Crippen LogP contribution in [0, 0.1) is 20.8 Å². The summed E-state index contributed by atoms with van der Waals surface area (Å²) in [7, 11) is -3.20. The Morgan fingerprint density at radius 3 is 2.46 bits per heavy atom. The van der Waals surface area contributed by atoms with Gasteiger partial charge < -0.3 is 15.2 Å². The molecule has 0 radical (unpaired) electrons. The third-order valence-corrected chi connectivity index (χ3v) is 5.51. The molecular weight excluding hydrogens is 491 g/mol. The van der Waals surface area contributed by atoms with Crippen LogP contribution in [-0.2, 0) is 22.8 Å². The SMILES string of the molecule is CCNC(=NCc1ccc(S(C)(=O)=O)c(C)c1)NCCc1c(C)noc1C.I. The van der Waals surface area contributed by atoms with E-state index in [0.29, 0.717) is 23.9 Å². The fourth-order valence-electron chi connectivity index (χ4n) is 2.90. The molecule has 0 aliphatic rings. The van der Waals surface area contributed by atoms with E-state index in [4.69, 9.17) is 4.52 Å². The molecule has 2 aromatic rings. The van der Waals surface area contributed by atoms with Gasteiger partial charge in [-0.05, 0) is 51.3 Å². The quantitative estimate of drug-likeness (QED) is 0.331. The van der Waals surface area contributed by atoms with Crippen molar-refractivity contribution in [3.63, 3.8) is 0 Å². The molecule has 28 heavy (non-hydrogen) atoms. The highest BCUT2D eigenvalue weighted by atomic mass is 127. The second-order valence-electron chi connectivity index (χ2n) is 6.55. The van der Waals surface area contributed by atoms with Gasteiger partial charge in [0.05, 0.1) is 17.1 Å². The van der Waals surface area contributed by atoms with Gasteiger partial charge in [0.15, 0.2) is 15.8 Å². The Balaban J connectivity index is 0.00000392. The summed E-state index contributed by atoms with van der Waals surface area (Å²) in [6, 6.07) is 5.32. The molecule has 0 fully saturated rings. The van der Waals surface area contributed by atoms with Crippen molar-refractivity contribution >= 4 is 39.8 Å². The summed E-state index contributed by atoms with van der Waals surface area (Å²) < 4.78 is 28.6. The number of rotatable bonds is 7. The van der Waals surface area contributed by atoms with Crippen molar-refractivity contribution in [1.82, 2.24) is 15.8 Å². The minimum Gasteiger partial charge on any atom is -0.361 e. The normalized spacial score (nSPS) is 11.8. The number of nitrogens with one attached hydrogen (secondary N) is 2. The summed E-state index contributed by atoms with van der Waals surface area (Å²) in [5, 5.41) is 10.5. The number of sulfone groups is 1. The lowest BCUT2D eigenvalue weighted by Crippen LogP contribution is -2.38. The topological polar surface area (TPSA) is 96.6 Å². The lowest BCUT2D eigenvalue weighted by molar-refractivity contribution is 0.392. The van der Waals surface area contributed by atoms with Crippen LogP contribution < -0.4 is 10.6 Å². The minimum atomic E-state index is -3.20. The molecule has 1 aromatic heterocycles. The second-order valence-corrected chi connectivity index (χ2v) is 8.53. The lowest BCUT2D eigenvalue weighted by Gasteiger charge is -2.12. The number of guanidine groups is 1. The largest absolute Gasteiger partial charge is 0.361 e. The maximum atomic E-state index is 11.7. The standard InChI is InChI=1S/C19H28N4O3S.HI/c1-6-20-19(21-10-9-17-14(3)23-26-15(17)4)22-12-16-7-8-18(13(2)11-16)27(5,24)25;/h7-8,11H,6,9-10,12H2,1-5H3,(H2,20,21,22);1H.